The number of nitrogens with zero attached hydrogens (tertiary/aromatic N) is 1. The van der Waals surface area contributed by atoms with Crippen LogP contribution in [-0.4, -0.2) is 37.5 Å². The molecule has 0 saturated carbocycles. The van der Waals surface area contributed by atoms with Crippen molar-refractivity contribution in [1.29, 1.82) is 0 Å². The van der Waals surface area contributed by atoms with Crippen molar-refractivity contribution in [2.75, 3.05) is 12.0 Å². The van der Waals surface area contributed by atoms with Gasteiger partial charge in [0.25, 0.3) is 0 Å². The quantitative estimate of drug-likeness (QED) is 0.458. The monoisotopic (exact) mass is 426 g/mol. The first-order valence-electron chi connectivity index (χ1n) is 8.27. The maximum absolute atomic E-state index is 12.5. The van der Waals surface area contributed by atoms with Gasteiger partial charge in [-0.1, -0.05) is 35.6 Å². The maximum atomic E-state index is 12.5. The normalized spacial score (nSPS) is 11.7. The van der Waals surface area contributed by atoms with E-state index in [1.165, 1.54) is 6.20 Å². The molecule has 1 amide bonds. The molecule has 0 radical (unpaired) electrons. The molecule has 0 spiro atoms. The first-order chi connectivity index (χ1) is 13.0. The van der Waals surface area contributed by atoms with E-state index in [0.29, 0.717) is 15.6 Å². The minimum absolute atomic E-state index is 0.157. The number of aryl methyl sites for hydroxylation is 1. The van der Waals surface area contributed by atoms with Crippen LogP contribution in [0.3, 0.4) is 0 Å². The van der Waals surface area contributed by atoms with E-state index in [2.05, 4.69) is 15.0 Å². The third-order valence-electron chi connectivity index (χ3n) is 3.24. The third-order valence-corrected chi connectivity index (χ3v) is 5.15. The summed E-state index contributed by atoms with van der Waals surface area (Å²) in [5, 5.41) is 3.09. The van der Waals surface area contributed by atoms with E-state index >= 15 is 0 Å². The van der Waals surface area contributed by atoms with Crippen LogP contribution in [0.1, 0.15) is 41.6 Å². The van der Waals surface area contributed by atoms with Gasteiger partial charge in [0.05, 0.1) is 17.7 Å². The van der Waals surface area contributed by atoms with Crippen molar-refractivity contribution in [2.24, 2.45) is 0 Å². The minimum Gasteiger partial charge on any atom is -0.443 e. The number of anilines is 1. The lowest BCUT2D eigenvalue weighted by Gasteiger charge is -2.19. The molecule has 2 rings (SSSR count). The zero-order chi connectivity index (χ0) is 20.9. The highest BCUT2D eigenvalue weighted by atomic mass is 32.2. The zero-order valence-corrected chi connectivity index (χ0v) is 17.5. The molecule has 152 valence electrons. The molecule has 2 aromatic rings. The van der Waals surface area contributed by atoms with Crippen LogP contribution in [0, 0.1) is 6.92 Å². The van der Waals surface area contributed by atoms with Crippen molar-refractivity contribution in [2.45, 2.75) is 33.3 Å². The molecule has 28 heavy (non-hydrogen) atoms. The van der Waals surface area contributed by atoms with E-state index in [-0.39, 0.29) is 12.5 Å². The molecule has 0 unspecified atom stereocenters. The van der Waals surface area contributed by atoms with Crippen LogP contribution >= 0.6 is 11.3 Å². The molecule has 0 atom stereocenters. The van der Waals surface area contributed by atoms with E-state index in [9.17, 15) is 18.0 Å². The third kappa shape index (κ3) is 6.59. The van der Waals surface area contributed by atoms with Gasteiger partial charge in [-0.25, -0.2) is 14.5 Å². The van der Waals surface area contributed by atoms with E-state index in [1.807, 2.05) is 19.1 Å². The largest absolute Gasteiger partial charge is 0.443 e. The number of benzene rings is 1. The highest BCUT2D eigenvalue weighted by Gasteiger charge is 2.21. The SMILES string of the molecule is Cc1ccccc1C(=O)c1cnc(NCNS(=O)(=O)NC(=O)OC(C)(C)C)s1. The summed E-state index contributed by atoms with van der Waals surface area (Å²) in [4.78, 5) is 28.5. The number of hydrogen-bond acceptors (Lipinski definition) is 8. The summed E-state index contributed by atoms with van der Waals surface area (Å²) in [6, 6.07) is 7.22. The second-order valence-electron chi connectivity index (χ2n) is 6.78. The van der Waals surface area contributed by atoms with Gasteiger partial charge < -0.3 is 10.1 Å². The van der Waals surface area contributed by atoms with E-state index in [0.717, 1.165) is 16.9 Å². The number of hydrogen-bond donors (Lipinski definition) is 3. The second kappa shape index (κ2) is 8.67. The van der Waals surface area contributed by atoms with Gasteiger partial charge in [-0.05, 0) is 33.3 Å². The van der Waals surface area contributed by atoms with E-state index in [1.54, 1.807) is 37.6 Å². The molecule has 1 aromatic carbocycles. The molecule has 0 aliphatic carbocycles. The Balaban J connectivity index is 1.90. The predicted molar refractivity (Wildman–Crippen MR) is 107 cm³/mol. The molecule has 3 N–H and O–H groups in total. The highest BCUT2D eigenvalue weighted by Crippen LogP contribution is 2.22. The second-order valence-corrected chi connectivity index (χ2v) is 9.31. The number of nitrogens with one attached hydrogen (secondary N) is 3. The Labute approximate surface area is 167 Å². The minimum atomic E-state index is -4.11. The number of amides is 1. The smallest absolute Gasteiger partial charge is 0.422 e. The number of rotatable bonds is 7. The Morgan fingerprint density at radius 3 is 2.54 bits per heavy atom. The van der Waals surface area contributed by atoms with E-state index in [4.69, 9.17) is 4.74 Å². The summed E-state index contributed by atoms with van der Waals surface area (Å²) in [5.74, 6) is -0.157. The molecule has 0 fully saturated rings. The first-order valence-corrected chi connectivity index (χ1v) is 10.6. The van der Waals surface area contributed by atoms with Gasteiger partial charge in [-0.2, -0.15) is 13.1 Å². The fourth-order valence-electron chi connectivity index (χ4n) is 2.07. The molecular weight excluding hydrogens is 404 g/mol. The van der Waals surface area contributed by atoms with Gasteiger partial charge in [0.2, 0.25) is 5.78 Å². The Hall–Kier alpha value is -2.50. The predicted octanol–water partition coefficient (Wildman–Crippen LogP) is 2.41. The standard InChI is InChI=1S/C17H22N4O5S2/c1-11-7-5-6-8-12(11)14(22)13-9-18-15(27-13)19-10-20-28(24,25)21-16(23)26-17(2,3)4/h5-9,20H,10H2,1-4H3,(H,18,19)(H,21,23). The van der Waals surface area contributed by atoms with Gasteiger partial charge in [-0.15, -0.1) is 0 Å². The Morgan fingerprint density at radius 2 is 1.89 bits per heavy atom. The van der Waals surface area contributed by atoms with Crippen LogP contribution in [0.25, 0.3) is 0 Å². The summed E-state index contributed by atoms with van der Waals surface area (Å²) in [6.45, 7) is 6.47. The topological polar surface area (TPSA) is 126 Å². The van der Waals surface area contributed by atoms with Crippen molar-refractivity contribution < 1.29 is 22.7 Å². The Bertz CT molecular complexity index is 964. The molecule has 1 heterocycles. The molecule has 1 aromatic heterocycles. The summed E-state index contributed by atoms with van der Waals surface area (Å²) in [5.41, 5.74) is 0.620. The Kier molecular flexibility index (Phi) is 6.75. The molecule has 0 bridgehead atoms. The average Bonchev–Trinajstić information content (AvgIpc) is 3.01. The molecule has 9 nitrogen and oxygen atoms in total. The van der Waals surface area contributed by atoms with Crippen molar-refractivity contribution in [1.82, 2.24) is 14.4 Å². The summed E-state index contributed by atoms with van der Waals surface area (Å²) in [6.07, 6.45) is 0.343. The Morgan fingerprint density at radius 1 is 1.21 bits per heavy atom. The maximum Gasteiger partial charge on any atom is 0.422 e. The number of aromatic nitrogens is 1. The van der Waals surface area contributed by atoms with Gasteiger partial charge >= 0.3 is 16.3 Å². The van der Waals surface area contributed by atoms with Crippen LogP contribution in [0.2, 0.25) is 0 Å². The van der Waals surface area contributed by atoms with Crippen molar-refractivity contribution in [3.05, 3.63) is 46.5 Å². The van der Waals surface area contributed by atoms with Gasteiger partial charge in [0, 0.05) is 5.56 Å². The molecule has 0 saturated heterocycles. The summed E-state index contributed by atoms with van der Waals surface area (Å²) >= 11 is 1.10. The molecular formula is C17H22N4O5S2. The van der Waals surface area contributed by atoms with Gasteiger partial charge in [0.15, 0.2) is 5.13 Å². The van der Waals surface area contributed by atoms with Gasteiger partial charge in [0.1, 0.15) is 5.60 Å². The number of ketones is 1. The number of carbonyl (C=O) groups excluding carboxylic acids is 2. The number of ether oxygens (including phenoxy) is 1. The van der Waals surface area contributed by atoms with Crippen LogP contribution in [-0.2, 0) is 14.9 Å². The van der Waals surface area contributed by atoms with Crippen LogP contribution < -0.4 is 14.8 Å². The first kappa shape index (κ1) is 21.8. The fraction of sp³-hybridized carbons (Fsp3) is 0.353. The summed E-state index contributed by atoms with van der Waals surface area (Å²) < 4.78 is 32.4. The van der Waals surface area contributed by atoms with E-state index < -0.39 is 21.9 Å². The molecule has 0 aliphatic heterocycles. The lowest BCUT2D eigenvalue weighted by molar-refractivity contribution is 0.0569. The van der Waals surface area contributed by atoms with Crippen LogP contribution in [0.4, 0.5) is 9.93 Å². The average molecular weight is 427 g/mol. The fourth-order valence-corrected chi connectivity index (χ4v) is 3.43. The van der Waals surface area contributed by atoms with Gasteiger partial charge in [-0.3, -0.25) is 4.79 Å². The lowest BCUT2D eigenvalue weighted by atomic mass is 10.0. The number of carbonyl (C=O) groups is 2. The zero-order valence-electron chi connectivity index (χ0n) is 15.9. The van der Waals surface area contributed by atoms with Crippen molar-refractivity contribution in [3.63, 3.8) is 0 Å². The summed E-state index contributed by atoms with van der Waals surface area (Å²) in [7, 11) is -4.11. The number of thiazole rings is 1. The lowest BCUT2D eigenvalue weighted by Crippen LogP contribution is -2.44. The molecule has 0 aliphatic rings. The molecule has 11 heteroatoms. The van der Waals surface area contributed by atoms with Crippen molar-refractivity contribution >= 4 is 38.6 Å². The highest BCUT2D eigenvalue weighted by molar-refractivity contribution is 7.88. The van der Waals surface area contributed by atoms with Crippen LogP contribution in [0.15, 0.2) is 30.5 Å². The van der Waals surface area contributed by atoms with Crippen molar-refractivity contribution in [3.8, 4) is 0 Å². The van der Waals surface area contributed by atoms with Crippen LogP contribution in [0.5, 0.6) is 0 Å².